The van der Waals surface area contributed by atoms with E-state index < -0.39 is 17.8 Å². The number of fused-ring (bicyclic) bond motifs is 1. The third kappa shape index (κ3) is 2.60. The number of carbonyl (C=O) groups excluding carboxylic acids is 3. The fraction of sp³-hybridized carbons (Fsp3) is 0.294. The Morgan fingerprint density at radius 1 is 1.08 bits per heavy atom. The van der Waals surface area contributed by atoms with Crippen LogP contribution in [0.5, 0.6) is 0 Å². The lowest BCUT2D eigenvalue weighted by molar-refractivity contribution is -0.0595. The van der Waals surface area contributed by atoms with E-state index >= 15 is 0 Å². The minimum absolute atomic E-state index is 0.0217. The van der Waals surface area contributed by atoms with E-state index in [-0.39, 0.29) is 22.9 Å². The summed E-state index contributed by atoms with van der Waals surface area (Å²) in [4.78, 5) is 42.2. The van der Waals surface area contributed by atoms with Crippen LogP contribution in [-0.2, 0) is 9.57 Å². The third-order valence-corrected chi connectivity index (χ3v) is 4.35. The lowest BCUT2D eigenvalue weighted by atomic mass is 10.1. The van der Waals surface area contributed by atoms with Crippen molar-refractivity contribution in [2.45, 2.75) is 18.9 Å². The molecular weight excluding hydrogens is 326 g/mol. The van der Waals surface area contributed by atoms with Crippen LogP contribution in [0.15, 0.2) is 36.5 Å². The molecule has 25 heavy (non-hydrogen) atoms. The molecule has 1 saturated heterocycles. The zero-order valence-electron chi connectivity index (χ0n) is 13.3. The molecule has 3 heterocycles. The van der Waals surface area contributed by atoms with Crippen molar-refractivity contribution in [1.82, 2.24) is 14.8 Å². The number of hydroxylamine groups is 2. The first kappa shape index (κ1) is 15.5. The quantitative estimate of drug-likeness (QED) is 0.788. The molecule has 0 unspecified atom stereocenters. The molecule has 128 valence electrons. The van der Waals surface area contributed by atoms with E-state index in [1.54, 1.807) is 16.8 Å². The van der Waals surface area contributed by atoms with Gasteiger partial charge >= 0.3 is 5.97 Å². The molecule has 0 radical (unpaired) electrons. The van der Waals surface area contributed by atoms with Gasteiger partial charge in [0, 0.05) is 19.4 Å². The van der Waals surface area contributed by atoms with Crippen LogP contribution in [0.25, 0.3) is 0 Å². The second-order valence-corrected chi connectivity index (χ2v) is 5.83. The van der Waals surface area contributed by atoms with Gasteiger partial charge in [0.1, 0.15) is 5.69 Å². The van der Waals surface area contributed by atoms with Crippen LogP contribution >= 0.6 is 0 Å². The van der Waals surface area contributed by atoms with Crippen molar-refractivity contribution in [1.29, 1.82) is 0 Å². The fourth-order valence-electron chi connectivity index (χ4n) is 3.08. The predicted molar refractivity (Wildman–Crippen MR) is 83.7 cm³/mol. The SMILES string of the molecule is O=C(ON1C(=O)c2ccccc2C1=O)c1ccnn1C1CCOCC1. The Hall–Kier alpha value is -3.00. The number of hydrogen-bond donors (Lipinski definition) is 0. The minimum Gasteiger partial charge on any atom is -0.381 e. The lowest BCUT2D eigenvalue weighted by Crippen LogP contribution is -2.34. The summed E-state index contributed by atoms with van der Waals surface area (Å²) in [6.45, 7) is 1.19. The van der Waals surface area contributed by atoms with Crippen molar-refractivity contribution in [3.63, 3.8) is 0 Å². The minimum atomic E-state index is -0.793. The summed E-state index contributed by atoms with van der Waals surface area (Å²) in [5.74, 6) is -2.09. The molecule has 0 aliphatic carbocycles. The highest BCUT2D eigenvalue weighted by molar-refractivity contribution is 6.21. The standard InChI is InChI=1S/C17H15N3O5/c21-15-12-3-1-2-4-13(12)16(22)20(15)25-17(23)14-5-8-18-19(14)11-6-9-24-10-7-11/h1-5,8,11H,6-7,9-10H2. The molecule has 0 N–H and O–H groups in total. The maximum absolute atomic E-state index is 12.5. The van der Waals surface area contributed by atoms with Crippen LogP contribution in [-0.4, -0.2) is 45.8 Å². The van der Waals surface area contributed by atoms with E-state index in [0.29, 0.717) is 18.3 Å². The molecule has 0 saturated carbocycles. The highest BCUT2D eigenvalue weighted by atomic mass is 16.7. The van der Waals surface area contributed by atoms with Crippen LogP contribution in [0.3, 0.4) is 0 Å². The topological polar surface area (TPSA) is 90.7 Å². The van der Waals surface area contributed by atoms with Crippen LogP contribution in [0.2, 0.25) is 0 Å². The van der Waals surface area contributed by atoms with Crippen molar-refractivity contribution < 1.29 is 24.0 Å². The molecule has 1 aromatic heterocycles. The third-order valence-electron chi connectivity index (χ3n) is 4.35. The van der Waals surface area contributed by atoms with Gasteiger partial charge in [-0.05, 0) is 31.0 Å². The number of aromatic nitrogens is 2. The number of nitrogens with zero attached hydrogens (tertiary/aromatic N) is 3. The van der Waals surface area contributed by atoms with Gasteiger partial charge in [0.05, 0.1) is 17.2 Å². The monoisotopic (exact) mass is 341 g/mol. The van der Waals surface area contributed by atoms with Crippen LogP contribution in [0.1, 0.15) is 50.1 Å². The molecule has 2 aromatic rings. The zero-order valence-corrected chi connectivity index (χ0v) is 13.3. The Kier molecular flexibility index (Phi) is 3.81. The maximum Gasteiger partial charge on any atom is 0.381 e. The van der Waals surface area contributed by atoms with Crippen LogP contribution < -0.4 is 0 Å². The highest BCUT2D eigenvalue weighted by Gasteiger charge is 2.39. The van der Waals surface area contributed by atoms with E-state index in [0.717, 1.165) is 12.8 Å². The molecule has 8 nitrogen and oxygen atoms in total. The van der Waals surface area contributed by atoms with Gasteiger partial charge in [-0.25, -0.2) is 4.79 Å². The van der Waals surface area contributed by atoms with Crippen molar-refractivity contribution in [2.24, 2.45) is 0 Å². The zero-order chi connectivity index (χ0) is 17.4. The number of amides is 2. The second-order valence-electron chi connectivity index (χ2n) is 5.83. The number of benzene rings is 1. The Labute approximate surface area is 142 Å². The number of hydrogen-bond acceptors (Lipinski definition) is 6. The van der Waals surface area contributed by atoms with Gasteiger partial charge in [-0.1, -0.05) is 17.2 Å². The average Bonchev–Trinajstić information content (AvgIpc) is 3.23. The smallest absolute Gasteiger partial charge is 0.381 e. The summed E-state index contributed by atoms with van der Waals surface area (Å²) in [7, 11) is 0. The molecule has 2 aliphatic heterocycles. The van der Waals surface area contributed by atoms with Gasteiger partial charge in [0.15, 0.2) is 0 Å². The first-order valence-corrected chi connectivity index (χ1v) is 7.98. The molecule has 0 bridgehead atoms. The Morgan fingerprint density at radius 2 is 1.72 bits per heavy atom. The fourth-order valence-corrected chi connectivity index (χ4v) is 3.08. The number of rotatable bonds is 3. The largest absolute Gasteiger partial charge is 0.381 e. The van der Waals surface area contributed by atoms with Gasteiger partial charge in [-0.15, -0.1) is 0 Å². The summed E-state index contributed by atoms with van der Waals surface area (Å²) in [6.07, 6.45) is 2.96. The number of carbonyl (C=O) groups is 3. The number of imide groups is 1. The van der Waals surface area contributed by atoms with Crippen molar-refractivity contribution in [2.75, 3.05) is 13.2 Å². The Morgan fingerprint density at radius 3 is 2.36 bits per heavy atom. The lowest BCUT2D eigenvalue weighted by Gasteiger charge is -2.24. The van der Waals surface area contributed by atoms with Crippen molar-refractivity contribution >= 4 is 17.8 Å². The molecule has 8 heteroatoms. The molecule has 2 amide bonds. The predicted octanol–water partition coefficient (Wildman–Crippen LogP) is 1.60. The Balaban J connectivity index is 1.55. The highest BCUT2D eigenvalue weighted by Crippen LogP contribution is 2.25. The van der Waals surface area contributed by atoms with E-state index in [9.17, 15) is 14.4 Å². The van der Waals surface area contributed by atoms with Crippen molar-refractivity contribution in [3.05, 3.63) is 53.3 Å². The summed E-state index contributed by atoms with van der Waals surface area (Å²) >= 11 is 0. The first-order valence-electron chi connectivity index (χ1n) is 7.98. The molecule has 1 aromatic carbocycles. The van der Waals surface area contributed by atoms with E-state index in [4.69, 9.17) is 9.57 Å². The summed E-state index contributed by atoms with van der Waals surface area (Å²) in [6, 6.07) is 7.88. The van der Waals surface area contributed by atoms with Gasteiger partial charge in [0.2, 0.25) is 0 Å². The normalized spacial score (nSPS) is 17.7. The van der Waals surface area contributed by atoms with Gasteiger partial charge in [-0.2, -0.15) is 5.10 Å². The van der Waals surface area contributed by atoms with Crippen LogP contribution in [0, 0.1) is 0 Å². The van der Waals surface area contributed by atoms with Gasteiger partial charge in [-0.3, -0.25) is 14.3 Å². The van der Waals surface area contributed by atoms with Crippen molar-refractivity contribution in [3.8, 4) is 0 Å². The average molecular weight is 341 g/mol. The molecule has 4 rings (SSSR count). The molecule has 1 fully saturated rings. The maximum atomic E-state index is 12.5. The first-order chi connectivity index (χ1) is 12.2. The van der Waals surface area contributed by atoms with Gasteiger partial charge < -0.3 is 9.57 Å². The summed E-state index contributed by atoms with van der Waals surface area (Å²) < 4.78 is 6.89. The van der Waals surface area contributed by atoms with E-state index in [1.165, 1.54) is 24.4 Å². The second kappa shape index (κ2) is 6.14. The van der Waals surface area contributed by atoms with E-state index in [2.05, 4.69) is 5.10 Å². The molecule has 0 spiro atoms. The summed E-state index contributed by atoms with van der Waals surface area (Å²) in [5.41, 5.74) is 0.639. The molecule has 0 atom stereocenters. The Bertz CT molecular complexity index is 818. The van der Waals surface area contributed by atoms with Crippen LogP contribution in [0.4, 0.5) is 0 Å². The molecular formula is C17H15N3O5. The van der Waals surface area contributed by atoms with Gasteiger partial charge in [0.25, 0.3) is 11.8 Å². The number of ether oxygens (including phenoxy) is 1. The molecule has 2 aliphatic rings. The summed E-state index contributed by atoms with van der Waals surface area (Å²) in [5, 5.41) is 4.69. The van der Waals surface area contributed by atoms with E-state index in [1.807, 2.05) is 0 Å².